The summed E-state index contributed by atoms with van der Waals surface area (Å²) in [5, 5.41) is 7.92. The third kappa shape index (κ3) is 3.64. The van der Waals surface area contributed by atoms with Gasteiger partial charge in [0.05, 0.1) is 24.9 Å². The normalized spacial score (nSPS) is 17.3. The summed E-state index contributed by atoms with van der Waals surface area (Å²) in [5.74, 6) is 1.75. The van der Waals surface area contributed by atoms with Gasteiger partial charge in [-0.15, -0.1) is 11.3 Å². The van der Waals surface area contributed by atoms with E-state index in [1.165, 1.54) is 10.4 Å². The summed E-state index contributed by atoms with van der Waals surface area (Å²) < 4.78 is 5.71. The van der Waals surface area contributed by atoms with Crippen molar-refractivity contribution >= 4 is 17.3 Å². The summed E-state index contributed by atoms with van der Waals surface area (Å²) in [6.07, 6.45) is 0.924. The number of nitrogens with zero attached hydrogens (tertiary/aromatic N) is 2. The Morgan fingerprint density at radius 1 is 1.39 bits per heavy atom. The first kappa shape index (κ1) is 15.8. The van der Waals surface area contributed by atoms with E-state index >= 15 is 0 Å². The molecule has 2 heterocycles. The minimum Gasteiger partial charge on any atom is -0.493 e. The molecule has 0 aliphatic carbocycles. The van der Waals surface area contributed by atoms with Gasteiger partial charge in [-0.2, -0.15) is 0 Å². The Labute approximate surface area is 140 Å². The number of aromatic nitrogens is 1. The molecule has 6 heteroatoms. The largest absolute Gasteiger partial charge is 0.493 e. The van der Waals surface area contributed by atoms with Gasteiger partial charge in [-0.1, -0.05) is 18.2 Å². The fourth-order valence-electron chi connectivity index (χ4n) is 2.63. The van der Waals surface area contributed by atoms with E-state index in [2.05, 4.69) is 33.6 Å². The second-order valence-electron chi connectivity index (χ2n) is 5.55. The molecule has 1 aromatic heterocycles. The van der Waals surface area contributed by atoms with Crippen LogP contribution < -0.4 is 15.4 Å². The van der Waals surface area contributed by atoms with Crippen LogP contribution in [0.25, 0.3) is 0 Å². The lowest BCUT2D eigenvalue weighted by atomic mass is 10.0. The first-order valence-electron chi connectivity index (χ1n) is 7.79. The number of hydrogen-bond acceptors (Lipinski definition) is 4. The molecule has 0 amide bonds. The molecular formula is C17H22N4OS. The van der Waals surface area contributed by atoms with Crippen molar-refractivity contribution < 1.29 is 4.74 Å². The number of ether oxygens (including phenoxy) is 1. The zero-order valence-corrected chi connectivity index (χ0v) is 14.5. The Morgan fingerprint density at radius 2 is 2.22 bits per heavy atom. The Morgan fingerprint density at radius 3 is 2.96 bits per heavy atom. The average molecular weight is 330 g/mol. The fraction of sp³-hybridized carbons (Fsp3) is 0.412. The number of hydrogen-bond donors (Lipinski definition) is 2. The maximum atomic E-state index is 5.71. The van der Waals surface area contributed by atoms with Crippen molar-refractivity contribution in [3.63, 3.8) is 0 Å². The van der Waals surface area contributed by atoms with Crippen LogP contribution in [-0.2, 0) is 6.54 Å². The lowest BCUT2D eigenvalue weighted by Crippen LogP contribution is -2.40. The number of para-hydroxylation sites is 1. The Balaban J connectivity index is 1.64. The van der Waals surface area contributed by atoms with Gasteiger partial charge in [-0.25, -0.2) is 4.98 Å². The van der Waals surface area contributed by atoms with Crippen molar-refractivity contribution in [1.82, 2.24) is 15.6 Å². The highest BCUT2D eigenvalue weighted by atomic mass is 32.1. The molecule has 3 rings (SSSR count). The van der Waals surface area contributed by atoms with Crippen LogP contribution in [-0.4, -0.2) is 24.6 Å². The van der Waals surface area contributed by atoms with Crippen molar-refractivity contribution in [2.24, 2.45) is 4.99 Å². The van der Waals surface area contributed by atoms with E-state index in [0.717, 1.165) is 35.4 Å². The summed E-state index contributed by atoms with van der Waals surface area (Å²) in [6.45, 7) is 5.55. The first-order valence-corrected chi connectivity index (χ1v) is 8.61. The van der Waals surface area contributed by atoms with Crippen LogP contribution in [0.3, 0.4) is 0 Å². The quantitative estimate of drug-likeness (QED) is 0.671. The Kier molecular flexibility index (Phi) is 4.81. The van der Waals surface area contributed by atoms with Crippen LogP contribution in [0.4, 0.5) is 0 Å². The minimum atomic E-state index is 0.214. The van der Waals surface area contributed by atoms with E-state index in [9.17, 15) is 0 Å². The predicted octanol–water partition coefficient (Wildman–Crippen LogP) is 2.95. The van der Waals surface area contributed by atoms with Crippen molar-refractivity contribution in [3.8, 4) is 5.75 Å². The molecule has 1 atom stereocenters. The lowest BCUT2D eigenvalue weighted by molar-refractivity contribution is 0.261. The zero-order valence-electron chi connectivity index (χ0n) is 13.7. The summed E-state index contributed by atoms with van der Waals surface area (Å²) in [4.78, 5) is 10.1. The van der Waals surface area contributed by atoms with Crippen molar-refractivity contribution in [2.75, 3.05) is 13.7 Å². The van der Waals surface area contributed by atoms with Gasteiger partial charge in [0.25, 0.3) is 0 Å². The third-order valence-electron chi connectivity index (χ3n) is 3.97. The van der Waals surface area contributed by atoms with Crippen LogP contribution in [0.1, 0.15) is 33.6 Å². The third-order valence-corrected chi connectivity index (χ3v) is 5.05. The smallest absolute Gasteiger partial charge is 0.191 e. The molecule has 122 valence electrons. The van der Waals surface area contributed by atoms with Crippen molar-refractivity contribution in [2.45, 2.75) is 32.9 Å². The van der Waals surface area contributed by atoms with Crippen LogP contribution >= 0.6 is 11.3 Å². The van der Waals surface area contributed by atoms with Crippen LogP contribution in [0.2, 0.25) is 0 Å². The lowest BCUT2D eigenvalue weighted by Gasteiger charge is -2.27. The molecule has 0 fully saturated rings. The van der Waals surface area contributed by atoms with E-state index < -0.39 is 0 Å². The van der Waals surface area contributed by atoms with Gasteiger partial charge in [0.2, 0.25) is 0 Å². The molecule has 1 aliphatic heterocycles. The number of benzene rings is 1. The topological polar surface area (TPSA) is 58.5 Å². The van der Waals surface area contributed by atoms with Gasteiger partial charge in [-0.05, 0) is 19.9 Å². The van der Waals surface area contributed by atoms with Crippen LogP contribution in [0.15, 0.2) is 29.3 Å². The molecule has 1 aromatic carbocycles. The Hall–Kier alpha value is -2.08. The molecule has 1 aliphatic rings. The number of aliphatic imine (C=N–C) groups is 1. The Bertz CT molecular complexity index is 691. The average Bonchev–Trinajstić information content (AvgIpc) is 2.90. The van der Waals surface area contributed by atoms with Gasteiger partial charge in [0.1, 0.15) is 10.8 Å². The van der Waals surface area contributed by atoms with E-state index in [1.807, 2.05) is 25.1 Å². The van der Waals surface area contributed by atoms with Crippen molar-refractivity contribution in [3.05, 3.63) is 45.4 Å². The summed E-state index contributed by atoms with van der Waals surface area (Å²) >= 11 is 1.73. The van der Waals surface area contributed by atoms with E-state index in [1.54, 1.807) is 18.4 Å². The first-order chi connectivity index (χ1) is 11.2. The molecule has 1 unspecified atom stereocenters. The molecule has 5 nitrogen and oxygen atoms in total. The van der Waals surface area contributed by atoms with Crippen molar-refractivity contribution in [1.29, 1.82) is 0 Å². The van der Waals surface area contributed by atoms with Gasteiger partial charge >= 0.3 is 0 Å². The number of fused-ring (bicyclic) bond motifs is 1. The van der Waals surface area contributed by atoms with E-state index in [4.69, 9.17) is 4.74 Å². The molecule has 23 heavy (non-hydrogen) atoms. The highest BCUT2D eigenvalue weighted by Crippen LogP contribution is 2.31. The fourth-order valence-corrected chi connectivity index (χ4v) is 3.50. The summed E-state index contributed by atoms with van der Waals surface area (Å²) in [7, 11) is 1.79. The van der Waals surface area contributed by atoms with Gasteiger partial charge in [0, 0.05) is 23.9 Å². The maximum Gasteiger partial charge on any atom is 0.191 e. The maximum absolute atomic E-state index is 5.71. The second-order valence-corrected chi connectivity index (χ2v) is 6.83. The van der Waals surface area contributed by atoms with Gasteiger partial charge < -0.3 is 15.4 Å². The van der Waals surface area contributed by atoms with E-state index in [0.29, 0.717) is 6.54 Å². The number of aryl methyl sites for hydroxylation is 2. The molecule has 2 aromatic rings. The molecule has 0 saturated carbocycles. The summed E-state index contributed by atoms with van der Waals surface area (Å²) in [6, 6.07) is 8.37. The van der Waals surface area contributed by atoms with Crippen LogP contribution in [0, 0.1) is 13.8 Å². The highest BCUT2D eigenvalue weighted by Gasteiger charge is 2.21. The molecule has 2 N–H and O–H groups in total. The standard InChI is InChI=1S/C17H22N4OS/c1-11-12(2)23-16(20-11)10-19-17(18-3)21-14-8-9-22-15-7-5-4-6-13(14)15/h4-7,14H,8-10H2,1-3H3,(H2,18,19,21). The highest BCUT2D eigenvalue weighted by molar-refractivity contribution is 7.11. The monoisotopic (exact) mass is 330 g/mol. The van der Waals surface area contributed by atoms with Gasteiger partial charge in [-0.3, -0.25) is 4.99 Å². The number of thiazole rings is 1. The number of rotatable bonds is 3. The minimum absolute atomic E-state index is 0.214. The molecular weight excluding hydrogens is 308 g/mol. The molecule has 0 bridgehead atoms. The van der Waals surface area contributed by atoms with E-state index in [-0.39, 0.29) is 6.04 Å². The second kappa shape index (κ2) is 7.00. The van der Waals surface area contributed by atoms with Gasteiger partial charge in [0.15, 0.2) is 5.96 Å². The number of guanidine groups is 1. The predicted molar refractivity (Wildman–Crippen MR) is 94.2 cm³/mol. The molecule has 0 spiro atoms. The molecule has 0 saturated heterocycles. The number of nitrogens with one attached hydrogen (secondary N) is 2. The summed E-state index contributed by atoms with van der Waals surface area (Å²) in [5.41, 5.74) is 2.29. The van der Waals surface area contributed by atoms with Crippen LogP contribution in [0.5, 0.6) is 5.75 Å². The SMILES string of the molecule is CN=C(NCc1nc(C)c(C)s1)NC1CCOc2ccccc21. The zero-order chi connectivity index (χ0) is 16.2. The molecule has 0 radical (unpaired) electrons.